The summed E-state index contributed by atoms with van der Waals surface area (Å²) in [6.07, 6.45) is 2.81. The Balaban J connectivity index is 2.08. The highest BCUT2D eigenvalue weighted by molar-refractivity contribution is 6.00. The van der Waals surface area contributed by atoms with E-state index in [0.29, 0.717) is 24.1 Å². The molecule has 0 saturated heterocycles. The van der Waals surface area contributed by atoms with E-state index in [1.165, 1.54) is 6.07 Å². The number of hydrogen-bond acceptors (Lipinski definition) is 4. The van der Waals surface area contributed by atoms with Gasteiger partial charge in [-0.1, -0.05) is 18.9 Å². The number of nitrogens with two attached hydrogens (primary N) is 1. The number of hydrogen-bond donors (Lipinski definition) is 3. The first-order valence-corrected chi connectivity index (χ1v) is 7.36. The monoisotopic (exact) mass is 314 g/mol. The summed E-state index contributed by atoms with van der Waals surface area (Å²) < 4.78 is 0. The van der Waals surface area contributed by atoms with Gasteiger partial charge in [0.15, 0.2) is 0 Å². The molecule has 0 atom stereocenters. The van der Waals surface area contributed by atoms with Crippen molar-refractivity contribution in [2.45, 2.75) is 25.7 Å². The van der Waals surface area contributed by atoms with E-state index in [-0.39, 0.29) is 12.5 Å². The van der Waals surface area contributed by atoms with Crippen LogP contribution in [0.4, 0.5) is 5.69 Å². The minimum Gasteiger partial charge on any atom is -0.368 e. The SMILES string of the molecule is N#CC1(C(=O)Nc2cccc(C(=O)NCC(N)=O)c2)CCCC1. The zero-order valence-electron chi connectivity index (χ0n) is 12.6. The molecule has 4 N–H and O–H groups in total. The molecule has 0 aromatic heterocycles. The third kappa shape index (κ3) is 3.86. The van der Waals surface area contributed by atoms with Crippen LogP contribution in [0.15, 0.2) is 24.3 Å². The fourth-order valence-corrected chi connectivity index (χ4v) is 2.63. The van der Waals surface area contributed by atoms with Gasteiger partial charge in [0.1, 0.15) is 5.41 Å². The Kier molecular flexibility index (Phi) is 4.96. The lowest BCUT2D eigenvalue weighted by molar-refractivity contribution is -0.122. The summed E-state index contributed by atoms with van der Waals surface area (Å²) in [5.41, 5.74) is 4.72. The van der Waals surface area contributed by atoms with Crippen molar-refractivity contribution in [1.29, 1.82) is 5.26 Å². The number of primary amides is 1. The molecule has 0 radical (unpaired) electrons. The molecule has 2 rings (SSSR count). The molecule has 7 heteroatoms. The molecule has 1 aromatic rings. The Morgan fingerprint density at radius 2 is 1.96 bits per heavy atom. The molecule has 0 heterocycles. The summed E-state index contributed by atoms with van der Waals surface area (Å²) in [4.78, 5) is 34.9. The maximum atomic E-state index is 12.4. The van der Waals surface area contributed by atoms with Crippen molar-refractivity contribution in [3.05, 3.63) is 29.8 Å². The van der Waals surface area contributed by atoms with Crippen molar-refractivity contribution in [3.63, 3.8) is 0 Å². The van der Waals surface area contributed by atoms with Gasteiger partial charge in [-0.2, -0.15) is 5.26 Å². The first-order chi connectivity index (χ1) is 11.0. The van der Waals surface area contributed by atoms with Gasteiger partial charge in [-0.3, -0.25) is 14.4 Å². The molecule has 1 aromatic carbocycles. The third-order valence-electron chi connectivity index (χ3n) is 3.91. The predicted molar refractivity (Wildman–Crippen MR) is 83.1 cm³/mol. The molecule has 1 aliphatic carbocycles. The van der Waals surface area contributed by atoms with Crippen LogP contribution in [0.1, 0.15) is 36.0 Å². The number of anilines is 1. The van der Waals surface area contributed by atoms with Crippen LogP contribution >= 0.6 is 0 Å². The smallest absolute Gasteiger partial charge is 0.251 e. The number of carbonyl (C=O) groups excluding carboxylic acids is 3. The molecule has 0 bridgehead atoms. The van der Waals surface area contributed by atoms with Gasteiger partial charge in [0.05, 0.1) is 12.6 Å². The van der Waals surface area contributed by atoms with Gasteiger partial charge in [-0.25, -0.2) is 0 Å². The Bertz CT molecular complexity index is 672. The number of rotatable bonds is 5. The van der Waals surface area contributed by atoms with Gasteiger partial charge in [0.2, 0.25) is 11.8 Å². The topological polar surface area (TPSA) is 125 Å². The minimum absolute atomic E-state index is 0.257. The van der Waals surface area contributed by atoms with Gasteiger partial charge < -0.3 is 16.4 Å². The quantitative estimate of drug-likeness (QED) is 0.747. The van der Waals surface area contributed by atoms with E-state index in [1.54, 1.807) is 18.2 Å². The van der Waals surface area contributed by atoms with Gasteiger partial charge in [-0.15, -0.1) is 0 Å². The van der Waals surface area contributed by atoms with Crippen LogP contribution < -0.4 is 16.4 Å². The average Bonchev–Trinajstić information content (AvgIpc) is 3.03. The van der Waals surface area contributed by atoms with Crippen LogP contribution in [0.5, 0.6) is 0 Å². The molecular weight excluding hydrogens is 296 g/mol. The third-order valence-corrected chi connectivity index (χ3v) is 3.91. The largest absolute Gasteiger partial charge is 0.368 e. The van der Waals surface area contributed by atoms with Crippen LogP contribution in [-0.2, 0) is 9.59 Å². The summed E-state index contributed by atoms with van der Waals surface area (Å²) in [7, 11) is 0. The Labute approximate surface area is 133 Å². The fraction of sp³-hybridized carbons (Fsp3) is 0.375. The molecule has 120 valence electrons. The first kappa shape index (κ1) is 16.5. The van der Waals surface area contributed by atoms with Crippen LogP contribution in [0.3, 0.4) is 0 Å². The van der Waals surface area contributed by atoms with Crippen molar-refractivity contribution >= 4 is 23.4 Å². The van der Waals surface area contributed by atoms with Crippen LogP contribution in [0.25, 0.3) is 0 Å². The molecule has 1 fully saturated rings. The number of nitrogens with zero attached hydrogens (tertiary/aromatic N) is 1. The Hall–Kier alpha value is -2.88. The second kappa shape index (κ2) is 6.92. The van der Waals surface area contributed by atoms with Crippen molar-refractivity contribution in [1.82, 2.24) is 5.32 Å². The van der Waals surface area contributed by atoms with Gasteiger partial charge in [-0.05, 0) is 31.0 Å². The number of nitrogens with one attached hydrogen (secondary N) is 2. The lowest BCUT2D eigenvalue weighted by Gasteiger charge is -2.19. The number of benzene rings is 1. The van der Waals surface area contributed by atoms with E-state index in [4.69, 9.17) is 5.73 Å². The predicted octanol–water partition coefficient (Wildman–Crippen LogP) is 0.924. The van der Waals surface area contributed by atoms with E-state index in [2.05, 4.69) is 16.7 Å². The van der Waals surface area contributed by atoms with E-state index in [0.717, 1.165) is 12.8 Å². The number of amides is 3. The Morgan fingerprint density at radius 1 is 1.26 bits per heavy atom. The molecule has 7 nitrogen and oxygen atoms in total. The normalized spacial score (nSPS) is 15.4. The van der Waals surface area contributed by atoms with E-state index in [1.807, 2.05) is 0 Å². The zero-order valence-corrected chi connectivity index (χ0v) is 12.6. The van der Waals surface area contributed by atoms with Crippen molar-refractivity contribution in [3.8, 4) is 6.07 Å². The van der Waals surface area contributed by atoms with Crippen molar-refractivity contribution in [2.24, 2.45) is 11.1 Å². The number of carbonyl (C=O) groups is 3. The second-order valence-corrected chi connectivity index (χ2v) is 5.58. The molecule has 1 aliphatic rings. The highest BCUT2D eigenvalue weighted by atomic mass is 16.2. The lowest BCUT2D eigenvalue weighted by Crippen LogP contribution is -2.33. The van der Waals surface area contributed by atoms with E-state index in [9.17, 15) is 19.6 Å². The molecule has 0 spiro atoms. The van der Waals surface area contributed by atoms with Gasteiger partial charge in [0, 0.05) is 11.3 Å². The van der Waals surface area contributed by atoms with E-state index >= 15 is 0 Å². The molecule has 0 unspecified atom stereocenters. The highest BCUT2D eigenvalue weighted by Gasteiger charge is 2.41. The maximum Gasteiger partial charge on any atom is 0.251 e. The molecule has 0 aliphatic heterocycles. The first-order valence-electron chi connectivity index (χ1n) is 7.36. The summed E-state index contributed by atoms with van der Waals surface area (Å²) in [5, 5.41) is 14.4. The van der Waals surface area contributed by atoms with Crippen LogP contribution in [0, 0.1) is 16.7 Å². The van der Waals surface area contributed by atoms with E-state index < -0.39 is 17.2 Å². The van der Waals surface area contributed by atoms with Crippen molar-refractivity contribution in [2.75, 3.05) is 11.9 Å². The zero-order chi connectivity index (χ0) is 16.9. The van der Waals surface area contributed by atoms with Crippen LogP contribution in [0.2, 0.25) is 0 Å². The summed E-state index contributed by atoms with van der Waals surface area (Å²) >= 11 is 0. The standard InChI is InChI=1S/C16H18N4O3/c17-10-16(6-1-2-7-16)15(23)20-12-5-3-4-11(8-12)14(22)19-9-13(18)21/h3-5,8H,1-2,6-7,9H2,(H2,18,21)(H,19,22)(H,20,23). The summed E-state index contributed by atoms with van der Waals surface area (Å²) in [6, 6.07) is 8.43. The number of nitriles is 1. The summed E-state index contributed by atoms with van der Waals surface area (Å²) in [6.45, 7) is -0.257. The lowest BCUT2D eigenvalue weighted by atomic mass is 9.87. The minimum atomic E-state index is -0.982. The Morgan fingerprint density at radius 3 is 2.57 bits per heavy atom. The second-order valence-electron chi connectivity index (χ2n) is 5.58. The van der Waals surface area contributed by atoms with Gasteiger partial charge >= 0.3 is 0 Å². The van der Waals surface area contributed by atoms with Gasteiger partial charge in [0.25, 0.3) is 5.91 Å². The highest BCUT2D eigenvalue weighted by Crippen LogP contribution is 2.38. The van der Waals surface area contributed by atoms with Crippen LogP contribution in [-0.4, -0.2) is 24.3 Å². The van der Waals surface area contributed by atoms with Crippen molar-refractivity contribution < 1.29 is 14.4 Å². The molecule has 23 heavy (non-hydrogen) atoms. The average molecular weight is 314 g/mol. The molecular formula is C16H18N4O3. The molecule has 3 amide bonds. The maximum absolute atomic E-state index is 12.4. The molecule has 1 saturated carbocycles. The summed E-state index contributed by atoms with van der Waals surface area (Å²) in [5.74, 6) is -1.44. The fourth-order valence-electron chi connectivity index (χ4n) is 2.63.